The molecule has 15 nitrogen and oxygen atoms in total. The molecule has 0 saturated heterocycles. The van der Waals surface area contributed by atoms with E-state index < -0.39 is 47.9 Å². The third-order valence-electron chi connectivity index (χ3n) is 8.45. The normalized spacial score (nSPS) is 11.6. The Hall–Kier alpha value is -6.53. The highest BCUT2D eigenvalue weighted by molar-refractivity contribution is 7.86. The van der Waals surface area contributed by atoms with Crippen molar-refractivity contribution in [3.63, 3.8) is 0 Å². The van der Waals surface area contributed by atoms with Gasteiger partial charge in [0.15, 0.2) is 0 Å². The molecule has 0 spiro atoms. The Morgan fingerprint density at radius 1 is 0.519 bits per heavy atom. The number of phenolic OH excluding ortho intramolecular Hbond substituents is 2. The predicted molar refractivity (Wildman–Crippen MR) is 200 cm³/mol. The van der Waals surface area contributed by atoms with Crippen LogP contribution in [0.15, 0.2) is 107 Å². The molecule has 0 aromatic heterocycles. The number of rotatable bonds is 8. The monoisotopic (exact) mass is 770 g/mol. The Kier molecular flexibility index (Phi) is 9.74. The number of amides is 4. The second kappa shape index (κ2) is 14.1. The van der Waals surface area contributed by atoms with E-state index in [9.17, 15) is 50.5 Å². The molecule has 0 bridgehead atoms. The standard InChI is InChI=1S/C37H30N4O11S2/c1-19-13-21(38-31-7-3-5-27-29(31)15-23(17-33(27)42)53(47,48)49)9-11-25(19)35(44)40-37(46)41-36(45)26-12-10-22(14-20(26)2)39-32-8-4-6-28-30(32)16-24(18-34(28)43)54(50,51)52/h3-18,38-39,42-43H,1-2H3,(H,47,48,49)(H,50,51,52)(H2,40,41,44,45,46). The van der Waals surface area contributed by atoms with Crippen LogP contribution in [0.3, 0.4) is 0 Å². The van der Waals surface area contributed by atoms with Gasteiger partial charge in [-0.2, -0.15) is 16.8 Å². The molecule has 0 radical (unpaired) electrons. The first-order valence-corrected chi connectivity index (χ1v) is 18.7. The molecular weight excluding hydrogens is 741 g/mol. The van der Waals surface area contributed by atoms with Crippen molar-refractivity contribution in [2.24, 2.45) is 0 Å². The van der Waals surface area contributed by atoms with E-state index in [2.05, 4.69) is 21.3 Å². The van der Waals surface area contributed by atoms with Crippen molar-refractivity contribution in [2.45, 2.75) is 23.6 Å². The molecule has 0 heterocycles. The third-order valence-corrected chi connectivity index (χ3v) is 10.1. The summed E-state index contributed by atoms with van der Waals surface area (Å²) in [5.41, 5.74) is 2.84. The van der Waals surface area contributed by atoms with E-state index in [0.717, 1.165) is 12.1 Å². The Bertz CT molecular complexity index is 2600. The fourth-order valence-electron chi connectivity index (χ4n) is 5.87. The number of carbonyl (C=O) groups is 3. The highest BCUT2D eigenvalue weighted by atomic mass is 32.2. The summed E-state index contributed by atoms with van der Waals surface area (Å²) in [5, 5.41) is 32.4. The molecule has 0 aliphatic carbocycles. The van der Waals surface area contributed by atoms with E-state index in [4.69, 9.17) is 0 Å². The second-order valence-corrected chi connectivity index (χ2v) is 15.0. The van der Waals surface area contributed by atoms with Crippen molar-refractivity contribution in [2.75, 3.05) is 10.6 Å². The van der Waals surface area contributed by atoms with Gasteiger partial charge in [-0.3, -0.25) is 29.3 Å². The van der Waals surface area contributed by atoms with Gasteiger partial charge in [-0.15, -0.1) is 0 Å². The maximum absolute atomic E-state index is 13.0. The quantitative estimate of drug-likeness (QED) is 0.0795. The zero-order valence-electron chi connectivity index (χ0n) is 28.2. The molecule has 17 heteroatoms. The minimum absolute atomic E-state index is 0.115. The average Bonchev–Trinajstić information content (AvgIpc) is 3.08. The zero-order valence-corrected chi connectivity index (χ0v) is 29.8. The van der Waals surface area contributed by atoms with Gasteiger partial charge >= 0.3 is 6.03 Å². The fourth-order valence-corrected chi connectivity index (χ4v) is 6.93. The van der Waals surface area contributed by atoms with E-state index >= 15 is 0 Å². The molecule has 276 valence electrons. The molecule has 6 aromatic rings. The summed E-state index contributed by atoms with van der Waals surface area (Å²) in [6.45, 7) is 3.23. The van der Waals surface area contributed by atoms with Gasteiger partial charge in [0.1, 0.15) is 11.5 Å². The summed E-state index contributed by atoms with van der Waals surface area (Å²) >= 11 is 0. The first-order chi connectivity index (χ1) is 25.4. The first kappa shape index (κ1) is 37.2. The minimum atomic E-state index is -4.60. The predicted octanol–water partition coefficient (Wildman–Crippen LogP) is 6.28. The SMILES string of the molecule is Cc1cc(Nc2cccc3c(O)cc(S(=O)(=O)O)cc23)ccc1C(=O)NC(=O)NC(=O)c1ccc(Nc2cccc3c(O)cc(S(=O)(=O)O)cc23)cc1C. The lowest BCUT2D eigenvalue weighted by molar-refractivity contribution is 0.0944. The number of hydrogen-bond donors (Lipinski definition) is 8. The van der Waals surface area contributed by atoms with Crippen LogP contribution in [0.1, 0.15) is 31.8 Å². The van der Waals surface area contributed by atoms with E-state index in [1.165, 1.54) is 36.4 Å². The molecule has 0 fully saturated rings. The van der Waals surface area contributed by atoms with Gasteiger partial charge in [-0.25, -0.2) is 4.79 Å². The number of fused-ring (bicyclic) bond motifs is 2. The van der Waals surface area contributed by atoms with Crippen LogP contribution in [0, 0.1) is 13.8 Å². The molecule has 0 aliphatic rings. The number of aryl methyl sites for hydroxylation is 2. The van der Waals surface area contributed by atoms with Crippen LogP contribution in [0.5, 0.6) is 11.5 Å². The Labute approximate surface area is 307 Å². The van der Waals surface area contributed by atoms with Crippen LogP contribution in [-0.2, 0) is 20.2 Å². The molecule has 6 rings (SSSR count). The minimum Gasteiger partial charge on any atom is -0.507 e. The number of aromatic hydroxyl groups is 2. The smallest absolute Gasteiger partial charge is 0.328 e. The zero-order chi connectivity index (χ0) is 39.1. The van der Waals surface area contributed by atoms with E-state index in [0.29, 0.717) is 55.4 Å². The Balaban J connectivity index is 1.12. The molecule has 0 saturated carbocycles. The van der Waals surface area contributed by atoms with Gasteiger partial charge in [0, 0.05) is 67.6 Å². The molecular formula is C37H30N4O11S2. The molecule has 0 atom stereocenters. The summed E-state index contributed by atoms with van der Waals surface area (Å²) in [6, 6.07) is 22.0. The fraction of sp³-hybridized carbons (Fsp3) is 0.0541. The number of nitrogens with one attached hydrogen (secondary N) is 4. The molecule has 8 N–H and O–H groups in total. The lowest BCUT2D eigenvalue weighted by Gasteiger charge is -2.14. The summed E-state index contributed by atoms with van der Waals surface area (Å²) in [6.07, 6.45) is 0. The number of urea groups is 1. The number of benzene rings is 6. The number of carbonyl (C=O) groups excluding carboxylic acids is 3. The van der Waals surface area contributed by atoms with Crippen LogP contribution in [0.2, 0.25) is 0 Å². The van der Waals surface area contributed by atoms with Gasteiger partial charge in [-0.05, 0) is 85.6 Å². The Morgan fingerprint density at radius 2 is 0.907 bits per heavy atom. The van der Waals surface area contributed by atoms with E-state index in [1.807, 2.05) is 0 Å². The largest absolute Gasteiger partial charge is 0.507 e. The van der Waals surface area contributed by atoms with E-state index in [1.54, 1.807) is 62.4 Å². The summed E-state index contributed by atoms with van der Waals surface area (Å²) in [7, 11) is -9.21. The second-order valence-electron chi connectivity index (χ2n) is 12.2. The average molecular weight is 771 g/mol. The van der Waals surface area contributed by atoms with Crippen molar-refractivity contribution < 1.29 is 50.5 Å². The number of hydrogen-bond acceptors (Lipinski definition) is 11. The maximum Gasteiger partial charge on any atom is 0.328 e. The topological polar surface area (TPSA) is 249 Å². The van der Waals surface area contributed by atoms with Gasteiger partial charge in [0.2, 0.25) is 0 Å². The van der Waals surface area contributed by atoms with Gasteiger partial charge in [0.05, 0.1) is 9.79 Å². The van der Waals surface area contributed by atoms with Crippen molar-refractivity contribution >= 4 is 82.4 Å². The summed E-state index contributed by atoms with van der Waals surface area (Å²) in [4.78, 5) is 37.7. The molecule has 6 aromatic carbocycles. The summed E-state index contributed by atoms with van der Waals surface area (Å²) in [5.74, 6) is -2.30. The third kappa shape index (κ3) is 7.79. The Morgan fingerprint density at radius 3 is 1.26 bits per heavy atom. The first-order valence-electron chi connectivity index (χ1n) is 15.8. The van der Waals surface area contributed by atoms with Gasteiger partial charge < -0.3 is 20.8 Å². The van der Waals surface area contributed by atoms with Gasteiger partial charge in [-0.1, -0.05) is 24.3 Å². The van der Waals surface area contributed by atoms with Crippen molar-refractivity contribution in [3.8, 4) is 11.5 Å². The van der Waals surface area contributed by atoms with Crippen LogP contribution >= 0.6 is 0 Å². The summed E-state index contributed by atoms with van der Waals surface area (Å²) < 4.78 is 65.9. The lowest BCUT2D eigenvalue weighted by Crippen LogP contribution is -2.42. The number of phenols is 2. The number of anilines is 4. The van der Waals surface area contributed by atoms with Crippen molar-refractivity contribution in [1.29, 1.82) is 0 Å². The van der Waals surface area contributed by atoms with Crippen molar-refractivity contribution in [1.82, 2.24) is 10.6 Å². The highest BCUT2D eigenvalue weighted by Gasteiger charge is 2.20. The maximum atomic E-state index is 13.0. The molecule has 0 unspecified atom stereocenters. The van der Waals surface area contributed by atoms with E-state index in [-0.39, 0.29) is 22.6 Å². The van der Waals surface area contributed by atoms with Crippen LogP contribution in [0.4, 0.5) is 27.5 Å². The molecule has 54 heavy (non-hydrogen) atoms. The van der Waals surface area contributed by atoms with Crippen LogP contribution in [0.25, 0.3) is 21.5 Å². The molecule has 0 aliphatic heterocycles. The van der Waals surface area contributed by atoms with Gasteiger partial charge in [0.25, 0.3) is 32.1 Å². The molecule has 4 amide bonds. The van der Waals surface area contributed by atoms with Crippen LogP contribution < -0.4 is 21.3 Å². The van der Waals surface area contributed by atoms with Crippen molar-refractivity contribution in [3.05, 3.63) is 119 Å². The lowest BCUT2D eigenvalue weighted by atomic mass is 10.1. The highest BCUT2D eigenvalue weighted by Crippen LogP contribution is 2.36. The van der Waals surface area contributed by atoms with Crippen LogP contribution in [-0.4, -0.2) is 54.0 Å². The number of imide groups is 2.